The van der Waals surface area contributed by atoms with Crippen LogP contribution in [0.1, 0.15) is 25.8 Å². The number of anilines is 1. The van der Waals surface area contributed by atoms with Crippen molar-refractivity contribution in [2.45, 2.75) is 33.1 Å². The average Bonchev–Trinajstić information content (AvgIpc) is 3.10. The summed E-state index contributed by atoms with van der Waals surface area (Å²) in [5.74, 6) is -0.409. The van der Waals surface area contributed by atoms with Crippen molar-refractivity contribution in [3.8, 4) is 11.5 Å². The molecule has 8 nitrogen and oxygen atoms in total. The normalized spacial score (nSPS) is 17.5. The van der Waals surface area contributed by atoms with Gasteiger partial charge in [-0.05, 0) is 35.6 Å². The van der Waals surface area contributed by atoms with Crippen LogP contribution in [0, 0.1) is 11.2 Å². The van der Waals surface area contributed by atoms with Gasteiger partial charge in [0.15, 0.2) is 5.82 Å². The monoisotopic (exact) mass is 502 g/mol. The number of fused-ring (bicyclic) bond motifs is 1. The predicted molar refractivity (Wildman–Crippen MR) is 130 cm³/mol. The van der Waals surface area contributed by atoms with E-state index < -0.39 is 27.7 Å². The summed E-state index contributed by atoms with van der Waals surface area (Å²) >= 11 is 0. The van der Waals surface area contributed by atoms with Crippen LogP contribution in [0.25, 0.3) is 10.8 Å². The maximum absolute atomic E-state index is 15.9. The van der Waals surface area contributed by atoms with Gasteiger partial charge in [-0.25, -0.2) is 8.70 Å². The first-order chi connectivity index (χ1) is 16.6. The maximum atomic E-state index is 15.9. The summed E-state index contributed by atoms with van der Waals surface area (Å²) in [7, 11) is -4.18. The van der Waals surface area contributed by atoms with Gasteiger partial charge in [-0.2, -0.15) is 13.1 Å². The molecule has 3 aromatic carbocycles. The minimum atomic E-state index is -4.18. The van der Waals surface area contributed by atoms with E-state index in [2.05, 4.69) is 4.72 Å². The molecule has 0 aromatic heterocycles. The molecule has 0 amide bonds. The SMILES string of the molecule is CC(C)(C=O)CCOc1ccc2cc(OCc3ccccc3)c(N3CC(O)NS3(=O)=O)c(F)c2c1. The van der Waals surface area contributed by atoms with Gasteiger partial charge in [-0.1, -0.05) is 50.2 Å². The van der Waals surface area contributed by atoms with Crippen LogP contribution in [-0.4, -0.2) is 39.2 Å². The van der Waals surface area contributed by atoms with Crippen molar-refractivity contribution < 1.29 is 32.2 Å². The van der Waals surface area contributed by atoms with Crippen LogP contribution in [0.5, 0.6) is 11.5 Å². The predicted octanol–water partition coefficient (Wildman–Crippen LogP) is 3.52. The molecule has 186 valence electrons. The van der Waals surface area contributed by atoms with Crippen LogP contribution in [0.3, 0.4) is 0 Å². The second kappa shape index (κ2) is 9.80. The van der Waals surface area contributed by atoms with Crippen molar-refractivity contribution in [1.82, 2.24) is 4.72 Å². The lowest BCUT2D eigenvalue weighted by molar-refractivity contribution is -0.115. The standard InChI is InChI=1S/C25H27FN2O6S/c1-25(2,16-29)10-11-33-19-9-8-18-12-21(34-15-17-6-4-3-5-7-17)24(23(26)20(18)13-19)28-14-22(30)27-35(28,31)32/h3-9,12-13,16,22,27,30H,10-11,14-15H2,1-2H3. The van der Waals surface area contributed by atoms with E-state index in [4.69, 9.17) is 9.47 Å². The van der Waals surface area contributed by atoms with Gasteiger partial charge in [0.05, 0.1) is 13.2 Å². The van der Waals surface area contributed by atoms with E-state index in [1.807, 2.05) is 30.3 Å². The molecular formula is C25H27FN2O6S. The molecule has 1 heterocycles. The Labute approximate surface area is 203 Å². The number of aliphatic hydroxyl groups excluding tert-OH is 1. The average molecular weight is 503 g/mol. The third-order valence-electron chi connectivity index (χ3n) is 5.72. The molecule has 0 aliphatic carbocycles. The van der Waals surface area contributed by atoms with Crippen LogP contribution in [0.2, 0.25) is 0 Å². The zero-order valence-electron chi connectivity index (χ0n) is 19.4. The fourth-order valence-corrected chi connectivity index (χ4v) is 4.99. The van der Waals surface area contributed by atoms with Crippen molar-refractivity contribution in [1.29, 1.82) is 0 Å². The summed E-state index contributed by atoms with van der Waals surface area (Å²) in [6.45, 7) is 3.57. The number of aldehydes is 1. The summed E-state index contributed by atoms with van der Waals surface area (Å²) < 4.78 is 55.6. The van der Waals surface area contributed by atoms with E-state index >= 15 is 4.39 Å². The minimum absolute atomic E-state index is 0.0275. The Bertz CT molecular complexity index is 1330. The number of carbonyl (C=O) groups excluding carboxylic acids is 1. The number of hydrogen-bond acceptors (Lipinski definition) is 6. The van der Waals surface area contributed by atoms with Gasteiger partial charge in [0.25, 0.3) is 0 Å². The van der Waals surface area contributed by atoms with Gasteiger partial charge < -0.3 is 19.4 Å². The zero-order chi connectivity index (χ0) is 25.2. The summed E-state index contributed by atoms with van der Waals surface area (Å²) in [5, 5.41) is 10.5. The third kappa shape index (κ3) is 5.55. The lowest BCUT2D eigenvalue weighted by Gasteiger charge is -2.22. The Kier molecular flexibility index (Phi) is 6.98. The third-order valence-corrected chi connectivity index (χ3v) is 7.21. The first-order valence-electron chi connectivity index (χ1n) is 11.1. The molecule has 0 saturated carbocycles. The molecule has 3 aromatic rings. The van der Waals surface area contributed by atoms with Gasteiger partial charge in [-0.15, -0.1) is 0 Å². The first kappa shape index (κ1) is 24.9. The van der Waals surface area contributed by atoms with Gasteiger partial charge in [-0.3, -0.25) is 0 Å². The topological polar surface area (TPSA) is 105 Å². The Morgan fingerprint density at radius 2 is 1.91 bits per heavy atom. The molecule has 1 fully saturated rings. The largest absolute Gasteiger partial charge is 0.494 e. The van der Waals surface area contributed by atoms with Crippen molar-refractivity contribution in [3.63, 3.8) is 0 Å². The quantitative estimate of drug-likeness (QED) is 0.434. The molecule has 35 heavy (non-hydrogen) atoms. The molecule has 1 atom stereocenters. The number of benzene rings is 3. The number of nitrogens with zero attached hydrogens (tertiary/aromatic N) is 1. The Morgan fingerprint density at radius 1 is 1.17 bits per heavy atom. The smallest absolute Gasteiger partial charge is 0.304 e. The van der Waals surface area contributed by atoms with Gasteiger partial charge in [0.2, 0.25) is 0 Å². The molecule has 1 unspecified atom stereocenters. The van der Waals surface area contributed by atoms with E-state index in [-0.39, 0.29) is 36.6 Å². The first-order valence-corrected chi connectivity index (χ1v) is 12.5. The van der Waals surface area contributed by atoms with Crippen molar-refractivity contribution >= 4 is 33.0 Å². The Balaban J connectivity index is 1.72. The van der Waals surface area contributed by atoms with Crippen molar-refractivity contribution in [2.75, 3.05) is 17.5 Å². The van der Waals surface area contributed by atoms with E-state index in [0.29, 0.717) is 17.6 Å². The summed E-state index contributed by atoms with van der Waals surface area (Å²) in [6, 6.07) is 15.6. The highest BCUT2D eigenvalue weighted by Gasteiger charge is 2.38. The molecule has 0 spiro atoms. The number of carbonyl (C=O) groups is 1. The fourth-order valence-electron chi connectivity index (χ4n) is 3.69. The molecule has 4 rings (SSSR count). The van der Waals surface area contributed by atoms with Crippen LogP contribution < -0.4 is 18.5 Å². The van der Waals surface area contributed by atoms with Crippen LogP contribution in [0.4, 0.5) is 10.1 Å². The lowest BCUT2D eigenvalue weighted by atomic mass is 9.92. The molecule has 2 N–H and O–H groups in total. The highest BCUT2D eigenvalue weighted by Crippen LogP contribution is 2.41. The highest BCUT2D eigenvalue weighted by molar-refractivity contribution is 7.91. The number of β-amino-alcohol motifs (C(OH)–C–C–N with tert-alkyl or cyclic N) is 1. The number of ether oxygens (including phenoxy) is 2. The van der Waals surface area contributed by atoms with Crippen molar-refractivity contribution in [3.05, 3.63) is 66.0 Å². The van der Waals surface area contributed by atoms with Crippen molar-refractivity contribution in [2.24, 2.45) is 5.41 Å². The highest BCUT2D eigenvalue weighted by atomic mass is 32.2. The van der Waals surface area contributed by atoms with E-state index in [9.17, 15) is 18.3 Å². The number of halogens is 1. The second-order valence-electron chi connectivity index (χ2n) is 9.07. The van der Waals surface area contributed by atoms with Gasteiger partial charge in [0.1, 0.15) is 36.3 Å². The van der Waals surface area contributed by atoms with E-state index in [0.717, 1.165) is 16.2 Å². The maximum Gasteiger partial charge on any atom is 0.304 e. The lowest BCUT2D eigenvalue weighted by Crippen LogP contribution is -2.31. The van der Waals surface area contributed by atoms with Crippen LogP contribution >= 0.6 is 0 Å². The van der Waals surface area contributed by atoms with Gasteiger partial charge in [0, 0.05) is 10.8 Å². The van der Waals surface area contributed by atoms with E-state index in [1.165, 1.54) is 6.07 Å². The van der Waals surface area contributed by atoms with Crippen LogP contribution in [-0.2, 0) is 21.6 Å². The minimum Gasteiger partial charge on any atom is -0.494 e. The number of nitrogens with one attached hydrogen (secondary N) is 1. The fraction of sp³-hybridized carbons (Fsp3) is 0.320. The molecule has 0 radical (unpaired) electrons. The number of rotatable bonds is 9. The number of hydrogen-bond donors (Lipinski definition) is 2. The second-order valence-corrected chi connectivity index (χ2v) is 10.7. The van der Waals surface area contributed by atoms with Gasteiger partial charge >= 0.3 is 10.2 Å². The molecule has 1 aliphatic rings. The summed E-state index contributed by atoms with van der Waals surface area (Å²) in [6.07, 6.45) is -0.0455. The molecule has 10 heteroatoms. The molecule has 0 bridgehead atoms. The number of aliphatic hydroxyl groups is 1. The Morgan fingerprint density at radius 3 is 2.57 bits per heavy atom. The van der Waals surface area contributed by atoms with E-state index in [1.54, 1.807) is 32.0 Å². The summed E-state index contributed by atoms with van der Waals surface area (Å²) in [4.78, 5) is 11.1. The molecular weight excluding hydrogens is 475 g/mol. The Hall–Kier alpha value is -3.21. The zero-order valence-corrected chi connectivity index (χ0v) is 20.2. The molecule has 1 saturated heterocycles. The summed E-state index contributed by atoms with van der Waals surface area (Å²) in [5.41, 5.74) is -0.0156. The molecule has 1 aliphatic heterocycles. The van der Waals surface area contributed by atoms with Crippen LogP contribution in [0.15, 0.2) is 54.6 Å².